The molecular weight excluding hydrogens is 176 g/mol. The summed E-state index contributed by atoms with van der Waals surface area (Å²) in [4.78, 5) is 10.9. The minimum absolute atomic E-state index is 0.0573. The third kappa shape index (κ3) is 5.18. The SMILES string of the molecule is C=CCOC(=O)N(N)C[C@H](O)CO. The summed E-state index contributed by atoms with van der Waals surface area (Å²) in [5.74, 6) is 5.19. The number of nitrogens with zero attached hydrogens (tertiary/aromatic N) is 1. The first kappa shape index (κ1) is 11.9. The first-order chi connectivity index (χ1) is 6.11. The lowest BCUT2D eigenvalue weighted by Crippen LogP contribution is -2.43. The van der Waals surface area contributed by atoms with Crippen LogP contribution in [0.25, 0.3) is 0 Å². The van der Waals surface area contributed by atoms with Crippen molar-refractivity contribution in [1.29, 1.82) is 0 Å². The fraction of sp³-hybridized carbons (Fsp3) is 0.571. The molecular formula is C7H14N2O4. The molecule has 0 aromatic heterocycles. The molecule has 0 unspecified atom stereocenters. The Bertz CT molecular complexity index is 174. The van der Waals surface area contributed by atoms with Crippen molar-refractivity contribution in [2.45, 2.75) is 6.10 Å². The van der Waals surface area contributed by atoms with E-state index in [1.807, 2.05) is 0 Å². The fourth-order valence-electron chi connectivity index (χ4n) is 0.572. The monoisotopic (exact) mass is 190 g/mol. The summed E-state index contributed by atoms with van der Waals surface area (Å²) < 4.78 is 4.55. The second-order valence-corrected chi connectivity index (χ2v) is 2.35. The molecule has 0 aliphatic rings. The van der Waals surface area contributed by atoms with E-state index in [-0.39, 0.29) is 13.2 Å². The summed E-state index contributed by atoms with van der Waals surface area (Å²) >= 11 is 0. The summed E-state index contributed by atoms with van der Waals surface area (Å²) in [6, 6.07) is 0. The van der Waals surface area contributed by atoms with E-state index in [9.17, 15) is 4.79 Å². The zero-order chi connectivity index (χ0) is 10.3. The normalized spacial score (nSPS) is 11.9. The van der Waals surface area contributed by atoms with E-state index in [1.54, 1.807) is 0 Å². The molecule has 0 aromatic carbocycles. The van der Waals surface area contributed by atoms with E-state index in [1.165, 1.54) is 6.08 Å². The highest BCUT2D eigenvalue weighted by atomic mass is 16.6. The van der Waals surface area contributed by atoms with Crippen molar-refractivity contribution in [2.75, 3.05) is 19.8 Å². The van der Waals surface area contributed by atoms with Gasteiger partial charge in [-0.2, -0.15) is 0 Å². The minimum Gasteiger partial charge on any atom is -0.444 e. The molecule has 13 heavy (non-hydrogen) atoms. The molecule has 4 N–H and O–H groups in total. The number of carbonyl (C=O) groups is 1. The van der Waals surface area contributed by atoms with Crippen molar-refractivity contribution >= 4 is 6.09 Å². The number of carbonyl (C=O) groups excluding carboxylic acids is 1. The van der Waals surface area contributed by atoms with E-state index >= 15 is 0 Å². The maximum absolute atomic E-state index is 10.9. The fourth-order valence-corrected chi connectivity index (χ4v) is 0.572. The van der Waals surface area contributed by atoms with Gasteiger partial charge in [0.15, 0.2) is 0 Å². The van der Waals surface area contributed by atoms with Crippen LogP contribution < -0.4 is 5.84 Å². The number of hydrogen-bond acceptors (Lipinski definition) is 5. The van der Waals surface area contributed by atoms with Gasteiger partial charge in [0.2, 0.25) is 0 Å². The number of nitrogens with two attached hydrogens (primary N) is 1. The second-order valence-electron chi connectivity index (χ2n) is 2.35. The molecule has 0 radical (unpaired) electrons. The molecule has 0 heterocycles. The van der Waals surface area contributed by atoms with E-state index < -0.39 is 18.8 Å². The van der Waals surface area contributed by atoms with Gasteiger partial charge in [0.25, 0.3) is 0 Å². The maximum Gasteiger partial charge on any atom is 0.424 e. The van der Waals surface area contributed by atoms with Crippen molar-refractivity contribution in [2.24, 2.45) is 5.84 Å². The van der Waals surface area contributed by atoms with Gasteiger partial charge in [-0.1, -0.05) is 12.7 Å². The molecule has 0 aliphatic heterocycles. The van der Waals surface area contributed by atoms with Crippen LogP contribution in [-0.4, -0.2) is 47.2 Å². The number of aliphatic hydroxyl groups is 2. The van der Waals surface area contributed by atoms with Crippen LogP contribution >= 0.6 is 0 Å². The number of amides is 1. The van der Waals surface area contributed by atoms with Gasteiger partial charge in [0.1, 0.15) is 6.61 Å². The van der Waals surface area contributed by atoms with E-state index in [2.05, 4.69) is 11.3 Å². The number of aliphatic hydroxyl groups excluding tert-OH is 2. The quantitative estimate of drug-likeness (QED) is 0.220. The minimum atomic E-state index is -1.05. The zero-order valence-electron chi connectivity index (χ0n) is 7.22. The van der Waals surface area contributed by atoms with Crippen molar-refractivity contribution in [3.63, 3.8) is 0 Å². The van der Waals surface area contributed by atoms with Gasteiger partial charge in [-0.15, -0.1) is 0 Å². The zero-order valence-corrected chi connectivity index (χ0v) is 7.22. The van der Waals surface area contributed by atoms with Crippen LogP contribution in [-0.2, 0) is 4.74 Å². The molecule has 1 atom stereocenters. The lowest BCUT2D eigenvalue weighted by Gasteiger charge is -2.17. The molecule has 0 spiro atoms. The van der Waals surface area contributed by atoms with E-state index in [0.717, 1.165) is 0 Å². The van der Waals surface area contributed by atoms with Crippen molar-refractivity contribution in [3.05, 3.63) is 12.7 Å². The van der Waals surface area contributed by atoms with Crippen molar-refractivity contribution in [1.82, 2.24) is 5.01 Å². The Morgan fingerprint density at radius 2 is 2.38 bits per heavy atom. The molecule has 0 fully saturated rings. The van der Waals surface area contributed by atoms with Gasteiger partial charge in [-0.3, -0.25) is 0 Å². The Labute approximate surface area is 76.2 Å². The van der Waals surface area contributed by atoms with Crippen LogP contribution in [0.1, 0.15) is 0 Å². The van der Waals surface area contributed by atoms with Crippen LogP contribution in [0.15, 0.2) is 12.7 Å². The topological polar surface area (TPSA) is 96.0 Å². The Morgan fingerprint density at radius 1 is 1.77 bits per heavy atom. The van der Waals surface area contributed by atoms with Crippen LogP contribution in [0.2, 0.25) is 0 Å². The number of ether oxygens (including phenoxy) is 1. The lowest BCUT2D eigenvalue weighted by molar-refractivity contribution is 0.0496. The van der Waals surface area contributed by atoms with Crippen LogP contribution in [0.4, 0.5) is 4.79 Å². The average Bonchev–Trinajstić information content (AvgIpc) is 2.13. The Balaban J connectivity index is 3.74. The van der Waals surface area contributed by atoms with E-state index in [0.29, 0.717) is 5.01 Å². The average molecular weight is 190 g/mol. The standard InChI is InChI=1S/C7H14N2O4/c1-2-3-13-7(12)9(8)4-6(11)5-10/h2,6,10-11H,1,3-5,8H2/t6-/m0/s1. The predicted molar refractivity (Wildman–Crippen MR) is 45.5 cm³/mol. The maximum atomic E-state index is 10.9. The molecule has 0 saturated heterocycles. The molecule has 1 amide bonds. The highest BCUT2D eigenvalue weighted by Gasteiger charge is 2.13. The van der Waals surface area contributed by atoms with Gasteiger partial charge in [0.05, 0.1) is 19.3 Å². The molecule has 76 valence electrons. The van der Waals surface area contributed by atoms with E-state index in [4.69, 9.17) is 16.1 Å². The highest BCUT2D eigenvalue weighted by Crippen LogP contribution is 1.90. The smallest absolute Gasteiger partial charge is 0.424 e. The number of rotatable bonds is 5. The summed E-state index contributed by atoms with van der Waals surface area (Å²) in [7, 11) is 0. The third-order valence-corrected chi connectivity index (χ3v) is 1.18. The van der Waals surface area contributed by atoms with Gasteiger partial charge in [-0.05, 0) is 0 Å². The Morgan fingerprint density at radius 3 is 2.85 bits per heavy atom. The van der Waals surface area contributed by atoms with Crippen LogP contribution in [0, 0.1) is 0 Å². The van der Waals surface area contributed by atoms with Gasteiger partial charge >= 0.3 is 6.09 Å². The summed E-state index contributed by atoms with van der Waals surface area (Å²) in [5.41, 5.74) is 0. The predicted octanol–water partition coefficient (Wildman–Crippen LogP) is -1.16. The molecule has 0 rings (SSSR count). The molecule has 0 bridgehead atoms. The first-order valence-corrected chi connectivity index (χ1v) is 3.70. The summed E-state index contributed by atoms with van der Waals surface area (Å²) in [5, 5.41) is 18.0. The van der Waals surface area contributed by atoms with Crippen LogP contribution in [0.5, 0.6) is 0 Å². The first-order valence-electron chi connectivity index (χ1n) is 3.70. The second kappa shape index (κ2) is 6.41. The van der Waals surface area contributed by atoms with Crippen molar-refractivity contribution in [3.8, 4) is 0 Å². The molecule has 0 aliphatic carbocycles. The number of hydrazine groups is 1. The lowest BCUT2D eigenvalue weighted by atomic mass is 10.4. The van der Waals surface area contributed by atoms with Crippen molar-refractivity contribution < 1.29 is 19.7 Å². The Hall–Kier alpha value is -1.11. The number of hydrogen-bond donors (Lipinski definition) is 3. The molecule has 0 aromatic rings. The van der Waals surface area contributed by atoms with Crippen LogP contribution in [0.3, 0.4) is 0 Å². The van der Waals surface area contributed by atoms with Gasteiger partial charge in [-0.25, -0.2) is 15.6 Å². The Kier molecular flexibility index (Phi) is 5.86. The van der Waals surface area contributed by atoms with Gasteiger partial charge < -0.3 is 14.9 Å². The third-order valence-electron chi connectivity index (χ3n) is 1.18. The largest absolute Gasteiger partial charge is 0.444 e. The molecule has 6 heteroatoms. The molecule has 6 nitrogen and oxygen atoms in total. The van der Waals surface area contributed by atoms with Gasteiger partial charge in [0, 0.05) is 0 Å². The summed E-state index contributed by atoms with van der Waals surface area (Å²) in [6.45, 7) is 2.77. The highest BCUT2D eigenvalue weighted by molar-refractivity contribution is 5.66. The molecule has 0 saturated carbocycles. The summed E-state index contributed by atoms with van der Waals surface area (Å²) in [6.07, 6.45) is -0.428.